The summed E-state index contributed by atoms with van der Waals surface area (Å²) in [6.07, 6.45) is 11.6. The van der Waals surface area contributed by atoms with E-state index in [0.29, 0.717) is 17.6 Å². The average Bonchev–Trinajstić information content (AvgIpc) is 2.94. The first kappa shape index (κ1) is 20.2. The van der Waals surface area contributed by atoms with Gasteiger partial charge in [0, 0.05) is 19.3 Å². The molecule has 3 heteroatoms. The van der Waals surface area contributed by atoms with Crippen LogP contribution in [-0.2, 0) is 14.3 Å². The summed E-state index contributed by atoms with van der Waals surface area (Å²) in [5.41, 5.74) is 2.00. The monoisotopic (exact) mass is 386 g/mol. The molecule has 0 bridgehead atoms. The molecule has 4 rings (SSSR count). The molecular weight excluding hydrogens is 348 g/mol. The maximum atomic E-state index is 12.6. The second-order valence-corrected chi connectivity index (χ2v) is 10.8. The molecule has 4 aliphatic rings. The first-order valence-corrected chi connectivity index (χ1v) is 11.6. The van der Waals surface area contributed by atoms with Crippen molar-refractivity contribution in [3.05, 3.63) is 11.6 Å². The van der Waals surface area contributed by atoms with E-state index in [1.165, 1.54) is 26.2 Å². The number of ketones is 1. The number of hydrogen-bond acceptors (Lipinski definition) is 3. The predicted octanol–water partition coefficient (Wildman–Crippen LogP) is 5.72. The Bertz CT molecular complexity index is 694. The zero-order valence-electron chi connectivity index (χ0n) is 18.4. The summed E-state index contributed by atoms with van der Waals surface area (Å²) in [6.45, 7) is 10.6. The Morgan fingerprint density at radius 1 is 1.14 bits per heavy atom. The quantitative estimate of drug-likeness (QED) is 0.460. The molecule has 0 spiro atoms. The van der Waals surface area contributed by atoms with Crippen LogP contribution in [-0.4, -0.2) is 17.9 Å². The summed E-state index contributed by atoms with van der Waals surface area (Å²) in [5.74, 6) is 3.25. The third kappa shape index (κ3) is 2.91. The Hall–Kier alpha value is -1.12. The number of allylic oxidation sites excluding steroid dienone is 1. The summed E-state index contributed by atoms with van der Waals surface area (Å²) < 4.78 is 5.56. The van der Waals surface area contributed by atoms with E-state index in [9.17, 15) is 9.59 Å². The largest absolute Gasteiger partial charge is 0.462 e. The van der Waals surface area contributed by atoms with Crippen LogP contribution in [0.25, 0.3) is 0 Å². The van der Waals surface area contributed by atoms with Crippen molar-refractivity contribution in [3.63, 3.8) is 0 Å². The molecule has 0 saturated heterocycles. The highest BCUT2D eigenvalue weighted by Crippen LogP contribution is 2.67. The molecular formula is C25H38O3. The molecule has 0 heterocycles. The number of carbonyl (C=O) groups is 2. The Kier molecular flexibility index (Phi) is 5.03. The van der Waals surface area contributed by atoms with Crippen molar-refractivity contribution in [2.24, 2.45) is 40.4 Å². The lowest BCUT2D eigenvalue weighted by molar-refractivity contribution is -0.149. The second-order valence-electron chi connectivity index (χ2n) is 10.8. The molecule has 4 aliphatic carbocycles. The molecule has 0 radical (unpaired) electrons. The van der Waals surface area contributed by atoms with Gasteiger partial charge in [-0.1, -0.05) is 38.8 Å². The van der Waals surface area contributed by atoms with E-state index in [1.807, 2.05) is 6.92 Å². The van der Waals surface area contributed by atoms with Gasteiger partial charge in [0.05, 0.1) is 0 Å². The van der Waals surface area contributed by atoms with Crippen LogP contribution in [0.3, 0.4) is 0 Å². The molecule has 3 fully saturated rings. The Labute approximate surface area is 170 Å². The SMILES string of the molecule is CC[C@@H]1C[C@@H]2[C@@H]3CC=C4C[C@@H](OC(C)=O)CC[C@]4(C)[C@H]3CC[C@]2(C)[C@H]1C(C)=O. The van der Waals surface area contributed by atoms with Crippen molar-refractivity contribution in [3.8, 4) is 0 Å². The van der Waals surface area contributed by atoms with Crippen LogP contribution in [0.1, 0.15) is 86.0 Å². The number of esters is 1. The summed E-state index contributed by atoms with van der Waals surface area (Å²) in [5, 5.41) is 0. The fourth-order valence-corrected chi connectivity index (χ4v) is 8.34. The maximum absolute atomic E-state index is 12.6. The molecule has 0 aliphatic heterocycles. The normalized spacial score (nSPS) is 47.4. The van der Waals surface area contributed by atoms with Gasteiger partial charge in [-0.05, 0) is 80.0 Å². The summed E-state index contributed by atoms with van der Waals surface area (Å²) in [6, 6.07) is 0. The summed E-state index contributed by atoms with van der Waals surface area (Å²) >= 11 is 0. The molecule has 28 heavy (non-hydrogen) atoms. The van der Waals surface area contributed by atoms with Crippen LogP contribution in [0, 0.1) is 40.4 Å². The van der Waals surface area contributed by atoms with Crippen LogP contribution in [0.5, 0.6) is 0 Å². The topological polar surface area (TPSA) is 43.4 Å². The Morgan fingerprint density at radius 3 is 2.54 bits per heavy atom. The minimum absolute atomic E-state index is 0.0697. The van der Waals surface area contributed by atoms with E-state index >= 15 is 0 Å². The fourth-order valence-electron chi connectivity index (χ4n) is 8.34. The van der Waals surface area contributed by atoms with Gasteiger partial charge < -0.3 is 4.74 Å². The standard InChI is InChI=1S/C25H38O3/c1-6-17-13-22-20-8-7-18-14-19(28-16(3)27)9-11-24(18,4)21(20)10-12-25(22,5)23(17)15(2)26/h7,17,19-23H,6,8-14H2,1-5H3/t17-,19+,20-,21+,22-,23+,24+,25+/m1/s1. The number of hydrogen-bond donors (Lipinski definition) is 0. The highest BCUT2D eigenvalue weighted by Gasteiger charge is 2.61. The van der Waals surface area contributed by atoms with Crippen molar-refractivity contribution >= 4 is 11.8 Å². The highest BCUT2D eigenvalue weighted by molar-refractivity contribution is 5.80. The van der Waals surface area contributed by atoms with Crippen molar-refractivity contribution in [1.82, 2.24) is 0 Å². The predicted molar refractivity (Wildman–Crippen MR) is 111 cm³/mol. The molecule has 156 valence electrons. The molecule has 8 atom stereocenters. The fraction of sp³-hybridized carbons (Fsp3) is 0.840. The molecule has 0 aromatic heterocycles. The van der Waals surface area contributed by atoms with Crippen molar-refractivity contribution < 1.29 is 14.3 Å². The molecule has 0 N–H and O–H groups in total. The third-order valence-corrected chi connectivity index (χ3v) is 9.53. The lowest BCUT2D eigenvalue weighted by Gasteiger charge is -2.58. The number of fused-ring (bicyclic) bond motifs is 5. The van der Waals surface area contributed by atoms with Crippen LogP contribution in [0.4, 0.5) is 0 Å². The zero-order chi connectivity index (χ0) is 20.3. The van der Waals surface area contributed by atoms with Gasteiger partial charge in [-0.25, -0.2) is 0 Å². The number of carbonyl (C=O) groups excluding carboxylic acids is 2. The smallest absolute Gasteiger partial charge is 0.302 e. The van der Waals surface area contributed by atoms with Crippen molar-refractivity contribution in [2.75, 3.05) is 0 Å². The first-order chi connectivity index (χ1) is 13.2. The molecule has 3 saturated carbocycles. The molecule has 3 nitrogen and oxygen atoms in total. The lowest BCUT2D eigenvalue weighted by atomic mass is 9.47. The molecule has 0 aromatic carbocycles. The van der Waals surface area contributed by atoms with Gasteiger partial charge in [0.2, 0.25) is 0 Å². The molecule has 0 aromatic rings. The van der Waals surface area contributed by atoms with Crippen LogP contribution in [0.2, 0.25) is 0 Å². The van der Waals surface area contributed by atoms with Gasteiger partial charge in [-0.3, -0.25) is 9.59 Å². The Morgan fingerprint density at radius 2 is 1.89 bits per heavy atom. The van der Waals surface area contributed by atoms with Gasteiger partial charge in [-0.2, -0.15) is 0 Å². The minimum atomic E-state index is -0.150. The molecule has 0 amide bonds. The highest BCUT2D eigenvalue weighted by atomic mass is 16.5. The third-order valence-electron chi connectivity index (χ3n) is 9.53. The van der Waals surface area contributed by atoms with E-state index in [4.69, 9.17) is 4.74 Å². The van der Waals surface area contributed by atoms with E-state index in [1.54, 1.807) is 5.57 Å². The number of Topliss-reactive ketones (excluding diaryl/α,β-unsaturated/α-hetero) is 1. The maximum Gasteiger partial charge on any atom is 0.302 e. The number of ether oxygens (including phenoxy) is 1. The van der Waals surface area contributed by atoms with Crippen molar-refractivity contribution in [2.45, 2.75) is 92.1 Å². The van der Waals surface area contributed by atoms with Crippen LogP contribution < -0.4 is 0 Å². The van der Waals surface area contributed by atoms with E-state index < -0.39 is 0 Å². The van der Waals surface area contributed by atoms with Crippen LogP contribution in [0.15, 0.2) is 11.6 Å². The average molecular weight is 387 g/mol. The van der Waals surface area contributed by atoms with Gasteiger partial charge >= 0.3 is 5.97 Å². The van der Waals surface area contributed by atoms with E-state index in [0.717, 1.165) is 43.9 Å². The number of rotatable bonds is 3. The summed E-state index contributed by atoms with van der Waals surface area (Å²) in [7, 11) is 0. The van der Waals surface area contributed by atoms with Gasteiger partial charge in [-0.15, -0.1) is 0 Å². The van der Waals surface area contributed by atoms with Crippen LogP contribution >= 0.6 is 0 Å². The minimum Gasteiger partial charge on any atom is -0.462 e. The second kappa shape index (κ2) is 6.99. The molecule has 0 unspecified atom stereocenters. The Balaban J connectivity index is 1.61. The zero-order valence-corrected chi connectivity index (χ0v) is 18.4. The van der Waals surface area contributed by atoms with Crippen molar-refractivity contribution in [1.29, 1.82) is 0 Å². The summed E-state index contributed by atoms with van der Waals surface area (Å²) in [4.78, 5) is 24.0. The van der Waals surface area contributed by atoms with E-state index in [-0.39, 0.29) is 28.8 Å². The van der Waals surface area contributed by atoms with Gasteiger partial charge in [0.25, 0.3) is 0 Å². The first-order valence-electron chi connectivity index (χ1n) is 11.6. The lowest BCUT2D eigenvalue weighted by Crippen LogP contribution is -2.51. The van der Waals surface area contributed by atoms with Gasteiger partial charge in [0.15, 0.2) is 0 Å². The van der Waals surface area contributed by atoms with E-state index in [2.05, 4.69) is 26.8 Å². The van der Waals surface area contributed by atoms with Gasteiger partial charge in [0.1, 0.15) is 11.9 Å².